The minimum Gasteiger partial charge on any atom is -0.491 e. The molecule has 0 saturated heterocycles. The average Bonchev–Trinajstić information content (AvgIpc) is 2.53. The van der Waals surface area contributed by atoms with E-state index in [-0.39, 0.29) is 0 Å². The standard InChI is InChI=1S/C8H9NO.C2H6/c1-6-5-10-7-3-2-4-9-8(6)7;1-2/h2-4,6H,5H2,1H3;1-2H3. The maximum Gasteiger partial charge on any atom is 0.141 e. The van der Waals surface area contributed by atoms with Crippen LogP contribution in [0, 0.1) is 0 Å². The fourth-order valence-corrected chi connectivity index (χ4v) is 1.19. The van der Waals surface area contributed by atoms with Crippen LogP contribution in [0.25, 0.3) is 0 Å². The Bertz CT molecular complexity index is 247. The SMILES string of the molecule is CC.CC1COc2cccnc21. The lowest BCUT2D eigenvalue weighted by atomic mass is 10.1. The number of rotatable bonds is 0. The Morgan fingerprint density at radius 2 is 2.25 bits per heavy atom. The van der Waals surface area contributed by atoms with E-state index in [1.165, 1.54) is 0 Å². The van der Waals surface area contributed by atoms with Crippen molar-refractivity contribution in [2.45, 2.75) is 26.7 Å². The highest BCUT2D eigenvalue weighted by Gasteiger charge is 2.19. The van der Waals surface area contributed by atoms with Crippen molar-refractivity contribution in [3.63, 3.8) is 0 Å². The zero-order chi connectivity index (χ0) is 8.97. The molecule has 0 radical (unpaired) electrons. The van der Waals surface area contributed by atoms with Gasteiger partial charge < -0.3 is 4.74 Å². The molecule has 2 rings (SSSR count). The number of aromatic nitrogens is 1. The monoisotopic (exact) mass is 165 g/mol. The van der Waals surface area contributed by atoms with E-state index in [4.69, 9.17) is 4.74 Å². The highest BCUT2D eigenvalue weighted by atomic mass is 16.5. The summed E-state index contributed by atoms with van der Waals surface area (Å²) in [6.07, 6.45) is 1.81. The van der Waals surface area contributed by atoms with Crippen molar-refractivity contribution in [3.05, 3.63) is 24.0 Å². The van der Waals surface area contributed by atoms with Crippen molar-refractivity contribution in [1.29, 1.82) is 0 Å². The second kappa shape index (κ2) is 4.10. The van der Waals surface area contributed by atoms with Crippen molar-refractivity contribution in [1.82, 2.24) is 4.98 Å². The molecular weight excluding hydrogens is 150 g/mol. The number of pyridine rings is 1. The van der Waals surface area contributed by atoms with E-state index in [1.807, 2.05) is 32.2 Å². The van der Waals surface area contributed by atoms with Gasteiger partial charge in [-0.3, -0.25) is 4.98 Å². The third-order valence-electron chi connectivity index (χ3n) is 1.76. The van der Waals surface area contributed by atoms with Crippen LogP contribution in [0.2, 0.25) is 0 Å². The lowest BCUT2D eigenvalue weighted by Gasteiger charge is -1.95. The summed E-state index contributed by atoms with van der Waals surface area (Å²) in [6.45, 7) is 6.91. The van der Waals surface area contributed by atoms with E-state index in [0.29, 0.717) is 5.92 Å². The first-order valence-corrected chi connectivity index (χ1v) is 4.45. The second-order valence-corrected chi connectivity index (χ2v) is 2.60. The van der Waals surface area contributed by atoms with Gasteiger partial charge in [-0.1, -0.05) is 20.8 Å². The van der Waals surface area contributed by atoms with Crippen molar-refractivity contribution >= 4 is 0 Å². The van der Waals surface area contributed by atoms with Crippen LogP contribution in [0.5, 0.6) is 5.75 Å². The Hall–Kier alpha value is -1.05. The van der Waals surface area contributed by atoms with Crippen LogP contribution in [0.4, 0.5) is 0 Å². The third kappa shape index (κ3) is 1.58. The summed E-state index contributed by atoms with van der Waals surface area (Å²) in [5.41, 5.74) is 1.10. The first-order valence-electron chi connectivity index (χ1n) is 4.45. The van der Waals surface area contributed by atoms with Gasteiger partial charge in [0.15, 0.2) is 0 Å². The van der Waals surface area contributed by atoms with Crippen LogP contribution in [0.1, 0.15) is 32.4 Å². The normalized spacial score (nSPS) is 18.8. The molecule has 1 aliphatic heterocycles. The Kier molecular flexibility index (Phi) is 3.09. The molecule has 66 valence electrons. The van der Waals surface area contributed by atoms with Gasteiger partial charge in [-0.05, 0) is 12.1 Å². The highest BCUT2D eigenvalue weighted by molar-refractivity contribution is 5.32. The molecule has 0 saturated carbocycles. The molecule has 1 aromatic heterocycles. The first-order chi connectivity index (χ1) is 5.88. The van der Waals surface area contributed by atoms with E-state index in [0.717, 1.165) is 18.1 Å². The average molecular weight is 165 g/mol. The van der Waals surface area contributed by atoms with E-state index in [9.17, 15) is 0 Å². The molecule has 1 aromatic rings. The molecule has 1 unspecified atom stereocenters. The van der Waals surface area contributed by atoms with Gasteiger partial charge in [0.2, 0.25) is 0 Å². The summed E-state index contributed by atoms with van der Waals surface area (Å²) in [5, 5.41) is 0. The van der Waals surface area contributed by atoms with Crippen LogP contribution in [0.15, 0.2) is 18.3 Å². The molecule has 1 aliphatic rings. The molecule has 2 heteroatoms. The van der Waals surface area contributed by atoms with Crippen LogP contribution in [-0.4, -0.2) is 11.6 Å². The third-order valence-corrected chi connectivity index (χ3v) is 1.76. The van der Waals surface area contributed by atoms with Gasteiger partial charge in [0.1, 0.15) is 5.75 Å². The number of ether oxygens (including phenoxy) is 1. The van der Waals surface area contributed by atoms with Crippen LogP contribution >= 0.6 is 0 Å². The Balaban J connectivity index is 0.000000336. The summed E-state index contributed by atoms with van der Waals surface area (Å²) < 4.78 is 5.35. The van der Waals surface area contributed by atoms with Crippen LogP contribution < -0.4 is 4.74 Å². The van der Waals surface area contributed by atoms with Crippen molar-refractivity contribution in [2.24, 2.45) is 0 Å². The lowest BCUT2D eigenvalue weighted by molar-refractivity contribution is 0.337. The molecule has 1 atom stereocenters. The van der Waals surface area contributed by atoms with Crippen LogP contribution in [0.3, 0.4) is 0 Å². The quantitative estimate of drug-likeness (QED) is 0.589. The molecule has 0 bridgehead atoms. The lowest BCUT2D eigenvalue weighted by Crippen LogP contribution is -1.94. The van der Waals surface area contributed by atoms with Gasteiger partial charge >= 0.3 is 0 Å². The van der Waals surface area contributed by atoms with E-state index < -0.39 is 0 Å². The van der Waals surface area contributed by atoms with Gasteiger partial charge in [-0.15, -0.1) is 0 Å². The fourth-order valence-electron chi connectivity index (χ4n) is 1.19. The molecule has 2 heterocycles. The summed E-state index contributed by atoms with van der Waals surface area (Å²) >= 11 is 0. The number of nitrogens with zero attached hydrogens (tertiary/aromatic N) is 1. The molecule has 0 aromatic carbocycles. The topological polar surface area (TPSA) is 22.1 Å². The predicted molar refractivity (Wildman–Crippen MR) is 49.5 cm³/mol. The molecular formula is C10H15NO. The number of hydrogen-bond acceptors (Lipinski definition) is 2. The van der Waals surface area contributed by atoms with Gasteiger partial charge in [-0.25, -0.2) is 0 Å². The van der Waals surface area contributed by atoms with E-state index in [2.05, 4.69) is 11.9 Å². The minimum absolute atomic E-state index is 0.469. The molecule has 12 heavy (non-hydrogen) atoms. The first kappa shape index (κ1) is 9.04. The Morgan fingerprint density at radius 1 is 1.50 bits per heavy atom. The number of fused-ring (bicyclic) bond motifs is 1. The molecule has 0 spiro atoms. The second-order valence-electron chi connectivity index (χ2n) is 2.60. The summed E-state index contributed by atoms with van der Waals surface area (Å²) in [6, 6.07) is 3.86. The molecule has 0 fully saturated rings. The minimum atomic E-state index is 0.469. The largest absolute Gasteiger partial charge is 0.491 e. The highest BCUT2D eigenvalue weighted by Crippen LogP contribution is 2.30. The zero-order valence-corrected chi connectivity index (χ0v) is 7.87. The van der Waals surface area contributed by atoms with Gasteiger partial charge in [0.25, 0.3) is 0 Å². The van der Waals surface area contributed by atoms with Gasteiger partial charge in [0.05, 0.1) is 12.3 Å². The molecule has 0 amide bonds. The predicted octanol–water partition coefficient (Wildman–Crippen LogP) is 2.60. The van der Waals surface area contributed by atoms with Crippen molar-refractivity contribution < 1.29 is 4.74 Å². The van der Waals surface area contributed by atoms with Crippen LogP contribution in [-0.2, 0) is 0 Å². The molecule has 0 N–H and O–H groups in total. The number of hydrogen-bond donors (Lipinski definition) is 0. The van der Waals surface area contributed by atoms with Gasteiger partial charge in [0, 0.05) is 12.1 Å². The molecule has 0 aliphatic carbocycles. The summed E-state index contributed by atoms with van der Waals surface area (Å²) in [4.78, 5) is 4.22. The van der Waals surface area contributed by atoms with E-state index >= 15 is 0 Å². The Morgan fingerprint density at radius 3 is 2.92 bits per heavy atom. The zero-order valence-electron chi connectivity index (χ0n) is 7.87. The van der Waals surface area contributed by atoms with Gasteiger partial charge in [-0.2, -0.15) is 0 Å². The smallest absolute Gasteiger partial charge is 0.141 e. The maximum absolute atomic E-state index is 5.35. The summed E-state index contributed by atoms with van der Waals surface area (Å²) in [7, 11) is 0. The van der Waals surface area contributed by atoms with E-state index in [1.54, 1.807) is 0 Å². The summed E-state index contributed by atoms with van der Waals surface area (Å²) in [5.74, 6) is 1.42. The fraction of sp³-hybridized carbons (Fsp3) is 0.500. The Labute approximate surface area is 73.6 Å². The maximum atomic E-state index is 5.35. The molecule has 2 nitrogen and oxygen atoms in total. The van der Waals surface area contributed by atoms with Crippen molar-refractivity contribution in [3.8, 4) is 5.75 Å². The van der Waals surface area contributed by atoms with Crippen molar-refractivity contribution in [2.75, 3.05) is 6.61 Å².